The van der Waals surface area contributed by atoms with Crippen molar-refractivity contribution >= 4 is 66.8 Å². The van der Waals surface area contributed by atoms with E-state index in [1.165, 1.54) is 22.3 Å². The number of anilines is 6. The van der Waals surface area contributed by atoms with E-state index in [0.29, 0.717) is 0 Å². The molecule has 0 saturated heterocycles. The molecular formula is C59H38N2O2. The molecule has 1 aliphatic carbocycles. The summed E-state index contributed by atoms with van der Waals surface area (Å²) in [5.41, 5.74) is 14.6. The molecule has 63 heavy (non-hydrogen) atoms. The van der Waals surface area contributed by atoms with Crippen LogP contribution in [0.25, 0.3) is 43.8 Å². The van der Waals surface area contributed by atoms with Gasteiger partial charge in [0.1, 0.15) is 22.7 Å². The average Bonchev–Trinajstić information content (AvgIpc) is 3.86. The van der Waals surface area contributed by atoms with E-state index in [1.54, 1.807) is 0 Å². The van der Waals surface area contributed by atoms with E-state index >= 15 is 0 Å². The highest BCUT2D eigenvalue weighted by Crippen LogP contribution is 2.63. The largest absolute Gasteiger partial charge is 0.457 e. The second kappa shape index (κ2) is 13.8. The van der Waals surface area contributed by atoms with Gasteiger partial charge >= 0.3 is 0 Å². The molecule has 0 fully saturated rings. The van der Waals surface area contributed by atoms with Gasteiger partial charge < -0.3 is 19.0 Å². The quantitative estimate of drug-likeness (QED) is 0.167. The predicted octanol–water partition coefficient (Wildman–Crippen LogP) is 16.1. The van der Waals surface area contributed by atoms with E-state index in [4.69, 9.17) is 9.15 Å². The van der Waals surface area contributed by atoms with Crippen LogP contribution in [-0.4, -0.2) is 0 Å². The molecule has 0 radical (unpaired) electrons. The van der Waals surface area contributed by atoms with Gasteiger partial charge in [0.05, 0.1) is 16.8 Å². The van der Waals surface area contributed by atoms with E-state index in [-0.39, 0.29) is 0 Å². The molecule has 0 N–H and O–H groups in total. The highest BCUT2D eigenvalue weighted by atomic mass is 16.5. The Morgan fingerprint density at radius 2 is 0.810 bits per heavy atom. The molecule has 1 aliphatic heterocycles. The van der Waals surface area contributed by atoms with Crippen molar-refractivity contribution in [1.82, 2.24) is 0 Å². The van der Waals surface area contributed by atoms with Crippen LogP contribution in [0.1, 0.15) is 22.3 Å². The Hall–Kier alpha value is -8.34. The van der Waals surface area contributed by atoms with Crippen molar-refractivity contribution < 1.29 is 9.15 Å². The summed E-state index contributed by atoms with van der Waals surface area (Å²) < 4.78 is 13.1. The first-order valence-corrected chi connectivity index (χ1v) is 21.5. The zero-order valence-corrected chi connectivity index (χ0v) is 34.2. The maximum Gasteiger partial charge on any atom is 0.135 e. The van der Waals surface area contributed by atoms with Crippen LogP contribution in [-0.2, 0) is 5.41 Å². The number of furan rings is 1. The van der Waals surface area contributed by atoms with E-state index in [1.807, 2.05) is 12.1 Å². The molecule has 2 aliphatic rings. The maximum absolute atomic E-state index is 6.65. The Balaban J connectivity index is 1.12. The Morgan fingerprint density at radius 3 is 1.49 bits per heavy atom. The molecule has 296 valence electrons. The van der Waals surface area contributed by atoms with Crippen molar-refractivity contribution in [2.24, 2.45) is 0 Å². The molecule has 13 rings (SSSR count). The highest BCUT2D eigenvalue weighted by Gasteiger charge is 2.51. The molecule has 4 heteroatoms. The van der Waals surface area contributed by atoms with Gasteiger partial charge in [0.25, 0.3) is 0 Å². The van der Waals surface area contributed by atoms with Crippen LogP contribution < -0.4 is 14.5 Å². The molecule has 2 heterocycles. The van der Waals surface area contributed by atoms with Crippen LogP contribution in [0.2, 0.25) is 0 Å². The van der Waals surface area contributed by atoms with Gasteiger partial charge in [0, 0.05) is 44.6 Å². The van der Waals surface area contributed by atoms with Crippen molar-refractivity contribution in [3.05, 3.63) is 253 Å². The zero-order valence-electron chi connectivity index (χ0n) is 34.2. The molecule has 10 aromatic carbocycles. The fraction of sp³-hybridized carbons (Fsp3) is 0.0169. The van der Waals surface area contributed by atoms with E-state index in [0.717, 1.165) is 89.5 Å². The predicted molar refractivity (Wildman–Crippen MR) is 258 cm³/mol. The first kappa shape index (κ1) is 35.4. The van der Waals surface area contributed by atoms with Crippen molar-refractivity contribution in [2.45, 2.75) is 5.41 Å². The number of hydrogen-bond acceptors (Lipinski definition) is 4. The smallest absolute Gasteiger partial charge is 0.135 e. The fourth-order valence-corrected chi connectivity index (χ4v) is 10.4. The monoisotopic (exact) mass is 806 g/mol. The van der Waals surface area contributed by atoms with Crippen LogP contribution in [0.5, 0.6) is 11.5 Å². The summed E-state index contributed by atoms with van der Waals surface area (Å²) in [4.78, 5) is 4.83. The van der Waals surface area contributed by atoms with Crippen molar-refractivity contribution in [3.8, 4) is 22.6 Å². The van der Waals surface area contributed by atoms with Crippen LogP contribution in [0, 0.1) is 0 Å². The summed E-state index contributed by atoms with van der Waals surface area (Å²) in [5.74, 6) is 1.76. The second-order valence-corrected chi connectivity index (χ2v) is 16.4. The molecule has 1 aromatic heterocycles. The van der Waals surface area contributed by atoms with Crippen molar-refractivity contribution in [1.29, 1.82) is 0 Å². The highest BCUT2D eigenvalue weighted by molar-refractivity contribution is 6.08. The summed E-state index contributed by atoms with van der Waals surface area (Å²) in [6, 6.07) is 82.8. The van der Waals surface area contributed by atoms with Crippen LogP contribution >= 0.6 is 0 Å². The minimum absolute atomic E-state index is 0.569. The molecule has 0 amide bonds. The molecular weight excluding hydrogens is 769 g/mol. The van der Waals surface area contributed by atoms with Gasteiger partial charge in [-0.05, 0) is 118 Å². The van der Waals surface area contributed by atoms with Gasteiger partial charge in [-0.25, -0.2) is 0 Å². The summed E-state index contributed by atoms with van der Waals surface area (Å²) in [6.45, 7) is 0. The number of ether oxygens (including phenoxy) is 1. The number of benzene rings is 10. The zero-order chi connectivity index (χ0) is 41.5. The second-order valence-electron chi connectivity index (χ2n) is 16.4. The normalized spacial score (nSPS) is 13.0. The fourth-order valence-electron chi connectivity index (χ4n) is 10.4. The summed E-state index contributed by atoms with van der Waals surface area (Å²) in [7, 11) is 0. The maximum atomic E-state index is 6.65. The van der Waals surface area contributed by atoms with Gasteiger partial charge in [-0.1, -0.05) is 146 Å². The number of para-hydroxylation sites is 5. The molecule has 0 unspecified atom stereocenters. The Labute approximate surface area is 365 Å². The number of fused-ring (bicyclic) bond motifs is 13. The average molecular weight is 807 g/mol. The van der Waals surface area contributed by atoms with Gasteiger partial charge in [-0.2, -0.15) is 0 Å². The van der Waals surface area contributed by atoms with E-state index < -0.39 is 5.41 Å². The van der Waals surface area contributed by atoms with Gasteiger partial charge in [0.2, 0.25) is 0 Å². The third-order valence-corrected chi connectivity index (χ3v) is 13.1. The third kappa shape index (κ3) is 5.28. The lowest BCUT2D eigenvalue weighted by molar-refractivity contribution is 0.436. The van der Waals surface area contributed by atoms with Gasteiger partial charge in [-0.15, -0.1) is 0 Å². The van der Waals surface area contributed by atoms with Crippen LogP contribution in [0.15, 0.2) is 235 Å². The molecule has 1 spiro atoms. The summed E-state index contributed by atoms with van der Waals surface area (Å²) in [6.07, 6.45) is 0. The van der Waals surface area contributed by atoms with Gasteiger partial charge in [-0.3, -0.25) is 0 Å². The summed E-state index contributed by atoms with van der Waals surface area (Å²) >= 11 is 0. The molecule has 0 bridgehead atoms. The topological polar surface area (TPSA) is 28.9 Å². The lowest BCUT2D eigenvalue weighted by Crippen LogP contribution is -2.32. The van der Waals surface area contributed by atoms with Gasteiger partial charge in [0.15, 0.2) is 0 Å². The lowest BCUT2D eigenvalue weighted by Gasteiger charge is -2.39. The first-order valence-electron chi connectivity index (χ1n) is 21.5. The van der Waals surface area contributed by atoms with Crippen molar-refractivity contribution in [3.63, 3.8) is 0 Å². The SMILES string of the molecule is c1ccc(N(c2ccccc2)c2cc3ccccc3cc2N(c2ccc3c(c2)-c2ccccc2C32c3ccccc3Oc3ccccc32)c2ccc3oc4ccccc4c3c2)cc1. The molecule has 11 aromatic rings. The lowest BCUT2D eigenvalue weighted by atomic mass is 9.66. The number of hydrogen-bond donors (Lipinski definition) is 0. The van der Waals surface area contributed by atoms with E-state index in [2.05, 4.69) is 228 Å². The molecule has 4 nitrogen and oxygen atoms in total. The van der Waals surface area contributed by atoms with Crippen molar-refractivity contribution in [2.75, 3.05) is 9.80 Å². The summed E-state index contributed by atoms with van der Waals surface area (Å²) in [5, 5.41) is 4.47. The third-order valence-electron chi connectivity index (χ3n) is 13.1. The number of rotatable bonds is 6. The molecule has 0 saturated carbocycles. The van der Waals surface area contributed by atoms with E-state index in [9.17, 15) is 0 Å². The Kier molecular flexibility index (Phi) is 7.79. The minimum atomic E-state index is -0.569. The van der Waals surface area contributed by atoms with Crippen LogP contribution in [0.4, 0.5) is 34.1 Å². The standard InChI is InChI=1S/C59H38N2O2/c1-3-19-41(20-4-1)60(42-21-5-2-6-22-42)53-35-39-17-7-8-18-40(39)36-54(53)61(44-32-34-56-48(38-44)46-24-10-14-28-55(46)62-56)43-31-33-50-47(37-43)45-23-9-11-25-49(45)59(50)51-26-12-15-29-57(51)63-58-30-16-13-27-52(58)59/h1-38H. The molecule has 0 atom stereocenters. The minimum Gasteiger partial charge on any atom is -0.457 e. The first-order chi connectivity index (χ1) is 31.2. The Bertz CT molecular complexity index is 3490. The van der Waals surface area contributed by atoms with Crippen LogP contribution in [0.3, 0.4) is 0 Å². The Morgan fingerprint density at radius 1 is 0.317 bits per heavy atom. The number of nitrogens with zero attached hydrogens (tertiary/aromatic N) is 2.